The van der Waals surface area contributed by atoms with Gasteiger partial charge in [0.2, 0.25) is 0 Å². The van der Waals surface area contributed by atoms with Gasteiger partial charge in [0.25, 0.3) is 0 Å². The average molecular weight is 269 g/mol. The first-order valence-corrected chi connectivity index (χ1v) is 7.13. The van der Waals surface area contributed by atoms with E-state index in [0.717, 1.165) is 24.5 Å². The van der Waals surface area contributed by atoms with Gasteiger partial charge in [0, 0.05) is 23.7 Å². The fourth-order valence-electron chi connectivity index (χ4n) is 2.28. The molecule has 3 heteroatoms. The molecule has 1 rings (SSSR count). The molecule has 1 unspecified atom stereocenters. The van der Waals surface area contributed by atoms with Crippen LogP contribution in [0.2, 0.25) is 5.02 Å². The Bertz CT molecular complexity index is 352. The van der Waals surface area contributed by atoms with Gasteiger partial charge in [0.05, 0.1) is 0 Å². The summed E-state index contributed by atoms with van der Waals surface area (Å²) in [5.41, 5.74) is 1.27. The first-order valence-electron chi connectivity index (χ1n) is 6.75. The number of hydrogen-bond donors (Lipinski definition) is 1. The molecular weight excluding hydrogens is 244 g/mol. The van der Waals surface area contributed by atoms with Crippen molar-refractivity contribution in [3.05, 3.63) is 34.9 Å². The molecule has 1 aromatic carbocycles. The highest BCUT2D eigenvalue weighted by Crippen LogP contribution is 2.20. The molecule has 0 saturated carbocycles. The highest BCUT2D eigenvalue weighted by molar-refractivity contribution is 6.30. The number of nitrogens with zero attached hydrogens (tertiary/aromatic N) is 1. The molecule has 0 saturated heterocycles. The van der Waals surface area contributed by atoms with Crippen LogP contribution in [0.25, 0.3) is 0 Å². The van der Waals surface area contributed by atoms with Crippen molar-refractivity contribution in [1.82, 2.24) is 10.2 Å². The fourth-order valence-corrected chi connectivity index (χ4v) is 2.48. The molecule has 0 aromatic heterocycles. The molecule has 1 atom stereocenters. The Morgan fingerprint density at radius 3 is 2.56 bits per heavy atom. The standard InChI is InChI=1S/C15H25ClN2/c1-5-18(12(2)3)10-9-15(17-4)13-7-6-8-14(16)11-13/h6-8,11-12,15,17H,5,9-10H2,1-4H3. The summed E-state index contributed by atoms with van der Waals surface area (Å²) in [5.74, 6) is 0. The molecule has 1 N–H and O–H groups in total. The highest BCUT2D eigenvalue weighted by Gasteiger charge is 2.13. The largest absolute Gasteiger partial charge is 0.313 e. The van der Waals surface area contributed by atoms with Crippen molar-refractivity contribution in [3.63, 3.8) is 0 Å². The minimum absolute atomic E-state index is 0.372. The zero-order valence-electron chi connectivity index (χ0n) is 11.9. The first-order chi connectivity index (χ1) is 8.58. The van der Waals surface area contributed by atoms with E-state index in [1.54, 1.807) is 0 Å². The Labute approximate surface area is 116 Å². The van der Waals surface area contributed by atoms with Crippen molar-refractivity contribution in [1.29, 1.82) is 0 Å². The van der Waals surface area contributed by atoms with E-state index in [9.17, 15) is 0 Å². The lowest BCUT2D eigenvalue weighted by atomic mass is 10.0. The summed E-state index contributed by atoms with van der Waals surface area (Å²) in [6.07, 6.45) is 1.10. The van der Waals surface area contributed by atoms with Gasteiger partial charge in [-0.3, -0.25) is 0 Å². The molecule has 102 valence electrons. The molecule has 0 heterocycles. The van der Waals surface area contributed by atoms with Crippen LogP contribution in [0.1, 0.15) is 38.8 Å². The van der Waals surface area contributed by atoms with Crippen molar-refractivity contribution in [2.24, 2.45) is 0 Å². The van der Waals surface area contributed by atoms with Gasteiger partial charge in [-0.1, -0.05) is 30.7 Å². The van der Waals surface area contributed by atoms with Gasteiger partial charge in [-0.2, -0.15) is 0 Å². The maximum absolute atomic E-state index is 6.05. The van der Waals surface area contributed by atoms with Crippen LogP contribution < -0.4 is 5.32 Å². The number of rotatable bonds is 7. The Kier molecular flexibility index (Phi) is 6.69. The van der Waals surface area contributed by atoms with Gasteiger partial charge in [-0.05, 0) is 51.6 Å². The molecule has 0 bridgehead atoms. The second-order valence-corrected chi connectivity index (χ2v) is 5.34. The van der Waals surface area contributed by atoms with Crippen LogP contribution in [0.15, 0.2) is 24.3 Å². The molecule has 0 spiro atoms. The van der Waals surface area contributed by atoms with Crippen LogP contribution in [0.3, 0.4) is 0 Å². The zero-order chi connectivity index (χ0) is 13.5. The van der Waals surface area contributed by atoms with E-state index in [1.165, 1.54) is 5.56 Å². The molecule has 2 nitrogen and oxygen atoms in total. The monoisotopic (exact) mass is 268 g/mol. The number of halogens is 1. The van der Waals surface area contributed by atoms with Crippen LogP contribution in [0.4, 0.5) is 0 Å². The molecule has 0 radical (unpaired) electrons. The van der Waals surface area contributed by atoms with E-state index in [4.69, 9.17) is 11.6 Å². The zero-order valence-corrected chi connectivity index (χ0v) is 12.7. The summed E-state index contributed by atoms with van der Waals surface area (Å²) in [6, 6.07) is 9.10. The lowest BCUT2D eigenvalue weighted by Gasteiger charge is -2.27. The SMILES string of the molecule is CCN(CCC(NC)c1cccc(Cl)c1)C(C)C. The van der Waals surface area contributed by atoms with Crippen molar-refractivity contribution >= 4 is 11.6 Å². The lowest BCUT2D eigenvalue weighted by molar-refractivity contribution is 0.221. The van der Waals surface area contributed by atoms with Crippen LogP contribution >= 0.6 is 11.6 Å². The second kappa shape index (κ2) is 7.78. The maximum atomic E-state index is 6.05. The summed E-state index contributed by atoms with van der Waals surface area (Å²) < 4.78 is 0. The summed E-state index contributed by atoms with van der Waals surface area (Å²) >= 11 is 6.05. The van der Waals surface area contributed by atoms with E-state index in [-0.39, 0.29) is 0 Å². The second-order valence-electron chi connectivity index (χ2n) is 4.91. The highest BCUT2D eigenvalue weighted by atomic mass is 35.5. The number of hydrogen-bond acceptors (Lipinski definition) is 2. The Morgan fingerprint density at radius 2 is 2.06 bits per heavy atom. The maximum Gasteiger partial charge on any atom is 0.0409 e. The van der Waals surface area contributed by atoms with Crippen LogP contribution in [0.5, 0.6) is 0 Å². The molecule has 0 aliphatic rings. The molecule has 0 aliphatic heterocycles. The van der Waals surface area contributed by atoms with Gasteiger partial charge in [0.1, 0.15) is 0 Å². The van der Waals surface area contributed by atoms with Crippen molar-refractivity contribution in [3.8, 4) is 0 Å². The molecule has 0 aliphatic carbocycles. The van der Waals surface area contributed by atoms with Crippen LogP contribution in [-0.2, 0) is 0 Å². The van der Waals surface area contributed by atoms with E-state index in [2.05, 4.69) is 37.1 Å². The van der Waals surface area contributed by atoms with E-state index >= 15 is 0 Å². The van der Waals surface area contributed by atoms with Gasteiger partial charge >= 0.3 is 0 Å². The molecule has 0 fully saturated rings. The van der Waals surface area contributed by atoms with Gasteiger partial charge in [-0.15, -0.1) is 0 Å². The Hall–Kier alpha value is -0.570. The summed E-state index contributed by atoms with van der Waals surface area (Å²) in [5, 5.41) is 4.19. The third-order valence-electron chi connectivity index (χ3n) is 3.44. The third-order valence-corrected chi connectivity index (χ3v) is 3.68. The third kappa shape index (κ3) is 4.60. The normalized spacial score (nSPS) is 13.3. The minimum Gasteiger partial charge on any atom is -0.313 e. The topological polar surface area (TPSA) is 15.3 Å². The average Bonchev–Trinajstić information content (AvgIpc) is 2.34. The van der Waals surface area contributed by atoms with Gasteiger partial charge in [-0.25, -0.2) is 0 Å². The quantitative estimate of drug-likeness (QED) is 0.811. The van der Waals surface area contributed by atoms with Crippen LogP contribution in [0, 0.1) is 0 Å². The summed E-state index contributed by atoms with van der Waals surface area (Å²) in [6.45, 7) is 8.91. The number of benzene rings is 1. The molecule has 0 amide bonds. The predicted octanol–water partition coefficient (Wildman–Crippen LogP) is 3.72. The molecule has 1 aromatic rings. The summed E-state index contributed by atoms with van der Waals surface area (Å²) in [4.78, 5) is 2.48. The molecule has 18 heavy (non-hydrogen) atoms. The van der Waals surface area contributed by atoms with Crippen molar-refractivity contribution in [2.75, 3.05) is 20.1 Å². The van der Waals surface area contributed by atoms with E-state index in [0.29, 0.717) is 12.1 Å². The lowest BCUT2D eigenvalue weighted by Crippen LogP contribution is -2.33. The predicted molar refractivity (Wildman–Crippen MR) is 80.3 cm³/mol. The van der Waals surface area contributed by atoms with Gasteiger partial charge in [0.15, 0.2) is 0 Å². The Morgan fingerprint density at radius 1 is 1.33 bits per heavy atom. The van der Waals surface area contributed by atoms with Crippen molar-refractivity contribution in [2.45, 2.75) is 39.3 Å². The smallest absolute Gasteiger partial charge is 0.0409 e. The van der Waals surface area contributed by atoms with Gasteiger partial charge < -0.3 is 10.2 Å². The Balaban J connectivity index is 2.62. The number of nitrogens with one attached hydrogen (secondary N) is 1. The van der Waals surface area contributed by atoms with Crippen molar-refractivity contribution < 1.29 is 0 Å². The van der Waals surface area contributed by atoms with E-state index in [1.807, 2.05) is 25.2 Å². The first kappa shape index (κ1) is 15.5. The minimum atomic E-state index is 0.372. The molecular formula is C15H25ClN2. The summed E-state index contributed by atoms with van der Waals surface area (Å²) in [7, 11) is 2.01. The van der Waals surface area contributed by atoms with Crippen LogP contribution in [-0.4, -0.2) is 31.1 Å². The van der Waals surface area contributed by atoms with E-state index < -0.39 is 0 Å². The fraction of sp³-hybridized carbons (Fsp3) is 0.600.